The SMILES string of the molecule is CC(=O)CC/C(C(=O)O)=C(\C)C(=O)NCCSSc1ccccn1. The molecule has 0 aliphatic rings. The van der Waals surface area contributed by atoms with Gasteiger partial charge in [0.25, 0.3) is 0 Å². The zero-order chi connectivity index (χ0) is 17.9. The van der Waals surface area contributed by atoms with E-state index in [4.69, 9.17) is 0 Å². The monoisotopic (exact) mass is 368 g/mol. The topological polar surface area (TPSA) is 96.4 Å². The zero-order valence-corrected chi connectivity index (χ0v) is 15.2. The first-order valence-corrected chi connectivity index (χ1v) is 9.65. The lowest BCUT2D eigenvalue weighted by molar-refractivity contribution is -0.133. The summed E-state index contributed by atoms with van der Waals surface area (Å²) in [7, 11) is 3.06. The van der Waals surface area contributed by atoms with Gasteiger partial charge in [0.1, 0.15) is 10.8 Å². The van der Waals surface area contributed by atoms with Gasteiger partial charge < -0.3 is 15.2 Å². The van der Waals surface area contributed by atoms with Crippen molar-refractivity contribution in [3.05, 3.63) is 35.5 Å². The molecule has 1 aromatic heterocycles. The summed E-state index contributed by atoms with van der Waals surface area (Å²) >= 11 is 0. The molecule has 0 aromatic carbocycles. The largest absolute Gasteiger partial charge is 0.478 e. The Hall–Kier alpha value is -1.80. The van der Waals surface area contributed by atoms with Gasteiger partial charge in [-0.3, -0.25) is 4.79 Å². The van der Waals surface area contributed by atoms with E-state index in [1.54, 1.807) is 17.0 Å². The maximum Gasteiger partial charge on any atom is 0.332 e. The number of carbonyl (C=O) groups excluding carboxylic acids is 2. The molecule has 0 bridgehead atoms. The van der Waals surface area contributed by atoms with Crippen LogP contribution in [0.2, 0.25) is 0 Å². The van der Waals surface area contributed by atoms with E-state index in [1.165, 1.54) is 24.6 Å². The van der Waals surface area contributed by atoms with Crippen LogP contribution in [0.3, 0.4) is 0 Å². The fourth-order valence-corrected chi connectivity index (χ4v) is 3.52. The molecule has 8 heteroatoms. The van der Waals surface area contributed by atoms with E-state index >= 15 is 0 Å². The molecule has 1 aromatic rings. The van der Waals surface area contributed by atoms with Crippen molar-refractivity contribution in [2.45, 2.75) is 31.7 Å². The van der Waals surface area contributed by atoms with E-state index in [1.807, 2.05) is 18.2 Å². The Morgan fingerprint density at radius 1 is 1.21 bits per heavy atom. The summed E-state index contributed by atoms with van der Waals surface area (Å²) in [6.07, 6.45) is 1.89. The minimum absolute atomic E-state index is 0.0155. The molecule has 1 heterocycles. The summed E-state index contributed by atoms with van der Waals surface area (Å²) in [5.41, 5.74) is 0.129. The van der Waals surface area contributed by atoms with Gasteiger partial charge in [0.2, 0.25) is 5.91 Å². The van der Waals surface area contributed by atoms with Crippen LogP contribution in [0, 0.1) is 0 Å². The first kappa shape index (κ1) is 20.2. The highest BCUT2D eigenvalue weighted by Gasteiger charge is 2.17. The average Bonchev–Trinajstić information content (AvgIpc) is 2.54. The predicted octanol–water partition coefficient (Wildman–Crippen LogP) is 2.71. The van der Waals surface area contributed by atoms with Crippen molar-refractivity contribution >= 4 is 39.2 Å². The molecule has 0 saturated heterocycles. The fourth-order valence-electron chi connectivity index (χ4n) is 1.73. The van der Waals surface area contributed by atoms with Gasteiger partial charge in [-0.25, -0.2) is 9.78 Å². The van der Waals surface area contributed by atoms with Crippen LogP contribution in [0.15, 0.2) is 40.6 Å². The summed E-state index contributed by atoms with van der Waals surface area (Å²) in [5, 5.41) is 12.8. The second-order valence-electron chi connectivity index (χ2n) is 4.94. The number of aromatic nitrogens is 1. The highest BCUT2D eigenvalue weighted by atomic mass is 33.1. The molecule has 130 valence electrons. The molecular weight excluding hydrogens is 348 g/mol. The second kappa shape index (κ2) is 10.9. The summed E-state index contributed by atoms with van der Waals surface area (Å²) in [4.78, 5) is 38.4. The van der Waals surface area contributed by atoms with Crippen LogP contribution in [0.5, 0.6) is 0 Å². The van der Waals surface area contributed by atoms with E-state index in [0.29, 0.717) is 12.3 Å². The Morgan fingerprint density at radius 2 is 1.96 bits per heavy atom. The third kappa shape index (κ3) is 7.65. The predicted molar refractivity (Wildman–Crippen MR) is 95.8 cm³/mol. The number of nitrogens with zero attached hydrogens (tertiary/aromatic N) is 1. The number of carboxylic acid groups (broad SMARTS) is 1. The van der Waals surface area contributed by atoms with E-state index in [-0.39, 0.29) is 29.8 Å². The highest BCUT2D eigenvalue weighted by molar-refractivity contribution is 8.76. The van der Waals surface area contributed by atoms with Gasteiger partial charge in [0.05, 0.1) is 0 Å². The molecular formula is C16H20N2O4S2. The van der Waals surface area contributed by atoms with Crippen molar-refractivity contribution in [1.82, 2.24) is 10.3 Å². The van der Waals surface area contributed by atoms with E-state index in [2.05, 4.69) is 10.3 Å². The van der Waals surface area contributed by atoms with Gasteiger partial charge in [0, 0.05) is 36.1 Å². The van der Waals surface area contributed by atoms with Gasteiger partial charge >= 0.3 is 5.97 Å². The van der Waals surface area contributed by atoms with Crippen molar-refractivity contribution in [3.8, 4) is 0 Å². The van der Waals surface area contributed by atoms with Crippen LogP contribution >= 0.6 is 21.6 Å². The average molecular weight is 368 g/mol. The maximum absolute atomic E-state index is 12.0. The standard InChI is InChI=1S/C16H20N2O4S2/c1-11(19)6-7-13(16(21)22)12(2)15(20)18-9-10-23-24-14-5-3-4-8-17-14/h3-5,8H,6-7,9-10H2,1-2H3,(H,18,20)(H,21,22)/b13-12-. The Kier molecular flexibility index (Phi) is 9.18. The van der Waals surface area contributed by atoms with E-state index < -0.39 is 11.9 Å². The third-order valence-electron chi connectivity index (χ3n) is 3.03. The Morgan fingerprint density at radius 3 is 2.54 bits per heavy atom. The first-order chi connectivity index (χ1) is 11.4. The quantitative estimate of drug-likeness (QED) is 0.372. The number of hydrogen-bond acceptors (Lipinski definition) is 6. The Labute approximate surface area is 148 Å². The van der Waals surface area contributed by atoms with Crippen LogP contribution in [-0.4, -0.2) is 40.0 Å². The number of rotatable bonds is 10. The van der Waals surface area contributed by atoms with Crippen molar-refractivity contribution in [1.29, 1.82) is 0 Å². The Balaban J connectivity index is 2.42. The molecule has 0 aliphatic carbocycles. The smallest absolute Gasteiger partial charge is 0.332 e. The maximum atomic E-state index is 12.0. The minimum atomic E-state index is -1.16. The number of nitrogens with one attached hydrogen (secondary N) is 1. The minimum Gasteiger partial charge on any atom is -0.478 e. The number of carboxylic acids is 1. The Bertz CT molecular complexity index is 618. The molecule has 24 heavy (non-hydrogen) atoms. The number of carbonyl (C=O) groups is 3. The number of pyridine rings is 1. The fraction of sp³-hybridized carbons (Fsp3) is 0.375. The lowest BCUT2D eigenvalue weighted by atomic mass is 10.0. The molecule has 2 N–H and O–H groups in total. The molecule has 0 radical (unpaired) electrons. The van der Waals surface area contributed by atoms with Crippen molar-refractivity contribution in [2.24, 2.45) is 0 Å². The van der Waals surface area contributed by atoms with Crippen molar-refractivity contribution in [3.63, 3.8) is 0 Å². The van der Waals surface area contributed by atoms with Gasteiger partial charge in [-0.15, -0.1) is 0 Å². The molecule has 0 unspecified atom stereocenters. The summed E-state index contributed by atoms with van der Waals surface area (Å²) in [6, 6.07) is 5.65. The molecule has 0 fully saturated rings. The van der Waals surface area contributed by atoms with Gasteiger partial charge in [0.15, 0.2) is 0 Å². The number of Topliss-reactive ketones (excluding diaryl/α,β-unsaturated/α-hetero) is 1. The van der Waals surface area contributed by atoms with Gasteiger partial charge in [-0.05, 0) is 43.2 Å². The lowest BCUT2D eigenvalue weighted by Gasteiger charge is -2.09. The lowest BCUT2D eigenvalue weighted by Crippen LogP contribution is -2.28. The molecule has 0 spiro atoms. The van der Waals surface area contributed by atoms with Crippen LogP contribution in [0.1, 0.15) is 26.7 Å². The summed E-state index contributed by atoms with van der Waals surface area (Å²) < 4.78 is 0. The normalized spacial score (nSPS) is 11.6. The van der Waals surface area contributed by atoms with Crippen molar-refractivity contribution in [2.75, 3.05) is 12.3 Å². The van der Waals surface area contributed by atoms with Crippen LogP contribution in [-0.2, 0) is 14.4 Å². The van der Waals surface area contributed by atoms with E-state index in [0.717, 1.165) is 5.03 Å². The van der Waals surface area contributed by atoms with Gasteiger partial charge in [-0.1, -0.05) is 16.9 Å². The molecule has 0 atom stereocenters. The molecule has 1 amide bonds. The molecule has 0 aliphatic heterocycles. The summed E-state index contributed by atoms with van der Waals surface area (Å²) in [6.45, 7) is 3.28. The highest BCUT2D eigenvalue weighted by Crippen LogP contribution is 2.28. The summed E-state index contributed by atoms with van der Waals surface area (Å²) in [5.74, 6) is -1.02. The second-order valence-corrected chi connectivity index (χ2v) is 7.38. The van der Waals surface area contributed by atoms with E-state index in [9.17, 15) is 19.5 Å². The molecule has 6 nitrogen and oxygen atoms in total. The van der Waals surface area contributed by atoms with Crippen LogP contribution in [0.25, 0.3) is 0 Å². The van der Waals surface area contributed by atoms with Crippen LogP contribution < -0.4 is 5.32 Å². The number of ketones is 1. The molecule has 0 saturated carbocycles. The van der Waals surface area contributed by atoms with Gasteiger partial charge in [-0.2, -0.15) is 0 Å². The number of amides is 1. The number of aliphatic carboxylic acids is 1. The van der Waals surface area contributed by atoms with Crippen LogP contribution in [0.4, 0.5) is 0 Å². The number of hydrogen-bond donors (Lipinski definition) is 2. The third-order valence-corrected chi connectivity index (χ3v) is 5.30. The zero-order valence-electron chi connectivity index (χ0n) is 13.6. The van der Waals surface area contributed by atoms with Crippen molar-refractivity contribution < 1.29 is 19.5 Å². The first-order valence-electron chi connectivity index (χ1n) is 7.33. The molecule has 1 rings (SSSR count).